The second-order valence-electron chi connectivity index (χ2n) is 3.87. The molecule has 0 aliphatic carbocycles. The molecule has 0 spiro atoms. The van der Waals surface area contributed by atoms with Gasteiger partial charge in [-0.1, -0.05) is 38.1 Å². The van der Waals surface area contributed by atoms with E-state index in [-0.39, 0.29) is 6.61 Å². The first-order chi connectivity index (χ1) is 7.67. The maximum absolute atomic E-state index is 10.5. The highest BCUT2D eigenvalue weighted by Crippen LogP contribution is 2.23. The fraction of sp³-hybridized carbons (Fsp3) is 0.462. The van der Waals surface area contributed by atoms with E-state index < -0.39 is 6.09 Å². The lowest BCUT2D eigenvalue weighted by Crippen LogP contribution is -2.12. The lowest BCUT2D eigenvalue weighted by atomic mass is 9.93. The number of nitrogens with two attached hydrogens (primary N) is 1. The third-order valence-electron chi connectivity index (χ3n) is 2.79. The highest BCUT2D eigenvalue weighted by atomic mass is 16.5. The minimum absolute atomic E-state index is 0.253. The van der Waals surface area contributed by atoms with Crippen LogP contribution in [0.3, 0.4) is 0 Å². The molecule has 3 nitrogen and oxygen atoms in total. The first-order valence-corrected chi connectivity index (χ1v) is 5.68. The Labute approximate surface area is 96.6 Å². The van der Waals surface area contributed by atoms with Crippen LogP contribution in [-0.2, 0) is 11.3 Å². The molecule has 1 aromatic carbocycles. The molecule has 2 N–H and O–H groups in total. The number of rotatable bonds is 5. The van der Waals surface area contributed by atoms with Crippen LogP contribution >= 0.6 is 0 Å². The quantitative estimate of drug-likeness (QED) is 0.830. The van der Waals surface area contributed by atoms with E-state index in [4.69, 9.17) is 10.5 Å². The largest absolute Gasteiger partial charge is 0.445 e. The van der Waals surface area contributed by atoms with Gasteiger partial charge in [0, 0.05) is 0 Å². The zero-order chi connectivity index (χ0) is 12.0. The molecule has 0 radical (unpaired) electrons. The van der Waals surface area contributed by atoms with Crippen LogP contribution in [0.15, 0.2) is 24.3 Å². The van der Waals surface area contributed by atoms with Gasteiger partial charge in [0.05, 0.1) is 0 Å². The molecule has 0 saturated heterocycles. The van der Waals surface area contributed by atoms with Gasteiger partial charge in [0.1, 0.15) is 6.61 Å². The van der Waals surface area contributed by atoms with Crippen molar-refractivity contribution in [1.29, 1.82) is 0 Å². The van der Waals surface area contributed by atoms with E-state index in [1.165, 1.54) is 5.56 Å². The summed E-state index contributed by atoms with van der Waals surface area (Å²) in [5.74, 6) is 0.577. The molecule has 0 atom stereocenters. The summed E-state index contributed by atoms with van der Waals surface area (Å²) in [4.78, 5) is 10.5. The average Bonchev–Trinajstić information content (AvgIpc) is 2.29. The van der Waals surface area contributed by atoms with Gasteiger partial charge in [-0.2, -0.15) is 0 Å². The van der Waals surface area contributed by atoms with Gasteiger partial charge < -0.3 is 10.5 Å². The van der Waals surface area contributed by atoms with Gasteiger partial charge in [0.25, 0.3) is 0 Å². The summed E-state index contributed by atoms with van der Waals surface area (Å²) < 4.78 is 4.77. The van der Waals surface area contributed by atoms with Crippen LogP contribution in [0.1, 0.15) is 43.7 Å². The number of amides is 1. The molecule has 3 heteroatoms. The van der Waals surface area contributed by atoms with Crippen LogP contribution < -0.4 is 5.73 Å². The first-order valence-electron chi connectivity index (χ1n) is 5.68. The van der Waals surface area contributed by atoms with Crippen LogP contribution in [-0.4, -0.2) is 6.09 Å². The Hall–Kier alpha value is -1.51. The molecule has 1 amide bonds. The van der Waals surface area contributed by atoms with Gasteiger partial charge in [0.2, 0.25) is 0 Å². The number of carbonyl (C=O) groups excluding carboxylic acids is 1. The van der Waals surface area contributed by atoms with Gasteiger partial charge in [0.15, 0.2) is 0 Å². The Balaban J connectivity index is 2.73. The second-order valence-corrected chi connectivity index (χ2v) is 3.87. The summed E-state index contributed by atoms with van der Waals surface area (Å²) in [5.41, 5.74) is 7.22. The van der Waals surface area contributed by atoms with Crippen LogP contribution in [0, 0.1) is 0 Å². The predicted molar refractivity (Wildman–Crippen MR) is 64.1 cm³/mol. The normalized spacial score (nSPS) is 10.4. The Morgan fingerprint density at radius 1 is 1.38 bits per heavy atom. The monoisotopic (exact) mass is 221 g/mol. The zero-order valence-electron chi connectivity index (χ0n) is 9.90. The maximum Gasteiger partial charge on any atom is 0.404 e. The fourth-order valence-corrected chi connectivity index (χ4v) is 1.85. The maximum atomic E-state index is 10.5. The number of benzene rings is 1. The van der Waals surface area contributed by atoms with E-state index in [0.717, 1.165) is 18.4 Å². The van der Waals surface area contributed by atoms with Crippen molar-refractivity contribution in [3.8, 4) is 0 Å². The zero-order valence-corrected chi connectivity index (χ0v) is 9.90. The van der Waals surface area contributed by atoms with Gasteiger partial charge in [-0.15, -0.1) is 0 Å². The highest BCUT2D eigenvalue weighted by molar-refractivity contribution is 5.64. The molecule has 0 bridgehead atoms. The molecule has 0 aromatic heterocycles. The van der Waals surface area contributed by atoms with Crippen LogP contribution in [0.4, 0.5) is 4.79 Å². The summed E-state index contributed by atoms with van der Waals surface area (Å²) in [6, 6.07) is 8.13. The van der Waals surface area contributed by atoms with Crippen molar-refractivity contribution in [3.05, 3.63) is 35.4 Å². The fourth-order valence-electron chi connectivity index (χ4n) is 1.85. The molecular formula is C13H19NO2. The Morgan fingerprint density at radius 2 is 2.06 bits per heavy atom. The SMILES string of the molecule is CCC(CC)c1cccc(COC(N)=O)c1. The van der Waals surface area contributed by atoms with E-state index in [2.05, 4.69) is 26.0 Å². The summed E-state index contributed by atoms with van der Waals surface area (Å²) in [6.07, 6.45) is 1.51. The molecule has 0 fully saturated rings. The number of carbonyl (C=O) groups is 1. The summed E-state index contributed by atoms with van der Waals surface area (Å²) in [6.45, 7) is 4.62. The van der Waals surface area contributed by atoms with Crippen molar-refractivity contribution in [2.45, 2.75) is 39.2 Å². The summed E-state index contributed by atoms with van der Waals surface area (Å²) >= 11 is 0. The van der Waals surface area contributed by atoms with Crippen molar-refractivity contribution in [3.63, 3.8) is 0 Å². The topological polar surface area (TPSA) is 52.3 Å². The van der Waals surface area contributed by atoms with E-state index >= 15 is 0 Å². The van der Waals surface area contributed by atoms with E-state index in [1.54, 1.807) is 0 Å². The Bertz CT molecular complexity index is 346. The molecule has 16 heavy (non-hydrogen) atoms. The number of primary amides is 1. The lowest BCUT2D eigenvalue weighted by molar-refractivity contribution is 0.150. The first kappa shape index (κ1) is 12.6. The highest BCUT2D eigenvalue weighted by Gasteiger charge is 2.07. The molecule has 0 aliphatic heterocycles. The number of ether oxygens (including phenoxy) is 1. The van der Waals surface area contributed by atoms with Crippen LogP contribution in [0.5, 0.6) is 0 Å². The molecule has 1 aromatic rings. The standard InChI is InChI=1S/C13H19NO2/c1-3-11(4-2)12-7-5-6-10(8-12)9-16-13(14)15/h5-8,11H,3-4,9H2,1-2H3,(H2,14,15). The Kier molecular flexibility index (Phi) is 4.83. The molecule has 0 saturated carbocycles. The molecule has 0 aliphatic rings. The Morgan fingerprint density at radius 3 is 2.62 bits per heavy atom. The lowest BCUT2D eigenvalue weighted by Gasteiger charge is -2.13. The number of hydrogen-bond donors (Lipinski definition) is 1. The molecular weight excluding hydrogens is 202 g/mol. The van der Waals surface area contributed by atoms with Crippen molar-refractivity contribution in [2.24, 2.45) is 5.73 Å². The minimum Gasteiger partial charge on any atom is -0.445 e. The van der Waals surface area contributed by atoms with E-state index in [0.29, 0.717) is 5.92 Å². The second kappa shape index (κ2) is 6.16. The third-order valence-corrected chi connectivity index (χ3v) is 2.79. The number of hydrogen-bond acceptors (Lipinski definition) is 2. The van der Waals surface area contributed by atoms with Crippen LogP contribution in [0.25, 0.3) is 0 Å². The van der Waals surface area contributed by atoms with Gasteiger partial charge in [-0.3, -0.25) is 0 Å². The smallest absolute Gasteiger partial charge is 0.404 e. The van der Waals surface area contributed by atoms with E-state index in [9.17, 15) is 4.79 Å². The van der Waals surface area contributed by atoms with Crippen molar-refractivity contribution in [2.75, 3.05) is 0 Å². The molecule has 88 valence electrons. The predicted octanol–water partition coefficient (Wildman–Crippen LogP) is 3.19. The summed E-state index contributed by atoms with van der Waals surface area (Å²) in [5, 5.41) is 0. The van der Waals surface area contributed by atoms with Gasteiger partial charge in [-0.05, 0) is 29.9 Å². The van der Waals surface area contributed by atoms with Crippen LogP contribution in [0.2, 0.25) is 0 Å². The average molecular weight is 221 g/mol. The van der Waals surface area contributed by atoms with Crippen molar-refractivity contribution >= 4 is 6.09 Å². The molecule has 0 heterocycles. The molecule has 0 unspecified atom stereocenters. The molecule has 1 rings (SSSR count). The van der Waals surface area contributed by atoms with E-state index in [1.807, 2.05) is 12.1 Å². The van der Waals surface area contributed by atoms with Crippen molar-refractivity contribution < 1.29 is 9.53 Å². The van der Waals surface area contributed by atoms with Crippen molar-refractivity contribution in [1.82, 2.24) is 0 Å². The third kappa shape index (κ3) is 3.57. The summed E-state index contributed by atoms with van der Waals surface area (Å²) in [7, 11) is 0. The van der Waals surface area contributed by atoms with Gasteiger partial charge in [-0.25, -0.2) is 4.79 Å². The van der Waals surface area contributed by atoms with Gasteiger partial charge >= 0.3 is 6.09 Å². The minimum atomic E-state index is -0.729.